The molecule has 0 radical (unpaired) electrons. The van der Waals surface area contributed by atoms with Crippen LogP contribution in [0.3, 0.4) is 0 Å². The highest BCUT2D eigenvalue weighted by molar-refractivity contribution is 7.90. The van der Waals surface area contributed by atoms with Crippen LogP contribution in [0.15, 0.2) is 58.4 Å². The standard InChI is InChI=1S/C16H14ClN3O3S/c1-10(16(21)19-12-6-4-5-11(17)9-12)18-15-13-7-2-3-8-14(13)24(22,23)20-15/h2-10H,1H3,(H,18,20)(H,19,21)/t10-/m0/s1. The summed E-state index contributed by atoms with van der Waals surface area (Å²) in [6.07, 6.45) is 0. The molecule has 24 heavy (non-hydrogen) atoms. The van der Waals surface area contributed by atoms with Crippen LogP contribution in [-0.2, 0) is 14.8 Å². The van der Waals surface area contributed by atoms with Crippen molar-refractivity contribution in [3.05, 3.63) is 59.1 Å². The van der Waals surface area contributed by atoms with Crippen LogP contribution in [-0.4, -0.2) is 26.2 Å². The van der Waals surface area contributed by atoms with Crippen LogP contribution in [0, 0.1) is 0 Å². The van der Waals surface area contributed by atoms with E-state index in [4.69, 9.17) is 11.6 Å². The van der Waals surface area contributed by atoms with Gasteiger partial charge < -0.3 is 5.32 Å². The normalized spacial score (nSPS) is 17.8. The van der Waals surface area contributed by atoms with E-state index >= 15 is 0 Å². The van der Waals surface area contributed by atoms with Crippen molar-refractivity contribution in [3.8, 4) is 0 Å². The van der Waals surface area contributed by atoms with Crippen molar-refractivity contribution < 1.29 is 13.2 Å². The first-order valence-corrected chi connectivity index (χ1v) is 8.99. The number of hydrogen-bond donors (Lipinski definition) is 2. The highest BCUT2D eigenvalue weighted by Crippen LogP contribution is 2.22. The number of anilines is 1. The van der Waals surface area contributed by atoms with Gasteiger partial charge in [-0.1, -0.05) is 29.8 Å². The van der Waals surface area contributed by atoms with Gasteiger partial charge in [0.25, 0.3) is 10.0 Å². The molecule has 2 N–H and O–H groups in total. The average molecular weight is 364 g/mol. The average Bonchev–Trinajstić information content (AvgIpc) is 2.78. The number of sulfonamides is 1. The monoisotopic (exact) mass is 363 g/mol. The minimum absolute atomic E-state index is 0.159. The third-order valence-electron chi connectivity index (χ3n) is 3.46. The number of halogens is 1. The summed E-state index contributed by atoms with van der Waals surface area (Å²) in [5.74, 6) is -0.201. The Morgan fingerprint density at radius 3 is 2.71 bits per heavy atom. The van der Waals surface area contributed by atoms with Crippen molar-refractivity contribution in [2.45, 2.75) is 17.9 Å². The predicted octanol–water partition coefficient (Wildman–Crippen LogP) is 2.41. The number of hydrogen-bond acceptors (Lipinski definition) is 4. The van der Waals surface area contributed by atoms with E-state index in [0.29, 0.717) is 16.3 Å². The second kappa shape index (κ2) is 6.26. The molecule has 0 spiro atoms. The Labute approximate surface area is 144 Å². The van der Waals surface area contributed by atoms with E-state index in [-0.39, 0.29) is 16.6 Å². The molecule has 1 aliphatic rings. The fourth-order valence-electron chi connectivity index (χ4n) is 2.29. The third-order valence-corrected chi connectivity index (χ3v) is 5.09. The van der Waals surface area contributed by atoms with Crippen LogP contribution in [0.1, 0.15) is 12.5 Å². The van der Waals surface area contributed by atoms with Crippen molar-refractivity contribution in [3.63, 3.8) is 0 Å². The Kier molecular flexibility index (Phi) is 4.29. The lowest BCUT2D eigenvalue weighted by Gasteiger charge is -2.10. The molecule has 0 bridgehead atoms. The first-order chi connectivity index (χ1) is 11.4. The lowest BCUT2D eigenvalue weighted by Crippen LogP contribution is -2.28. The zero-order chi connectivity index (χ0) is 17.3. The van der Waals surface area contributed by atoms with Gasteiger partial charge in [0.1, 0.15) is 11.9 Å². The molecule has 124 valence electrons. The number of carbonyl (C=O) groups excluding carboxylic acids is 1. The molecule has 1 atom stereocenters. The maximum Gasteiger partial charge on any atom is 0.263 e. The van der Waals surface area contributed by atoms with E-state index in [0.717, 1.165) is 0 Å². The molecule has 0 fully saturated rings. The summed E-state index contributed by atoms with van der Waals surface area (Å²) >= 11 is 5.88. The second-order valence-corrected chi connectivity index (χ2v) is 7.34. The zero-order valence-electron chi connectivity index (χ0n) is 12.7. The van der Waals surface area contributed by atoms with E-state index in [1.54, 1.807) is 49.4 Å². The maximum absolute atomic E-state index is 12.2. The summed E-state index contributed by atoms with van der Waals surface area (Å²) in [5, 5.41) is 3.20. The van der Waals surface area contributed by atoms with Crippen LogP contribution < -0.4 is 10.0 Å². The van der Waals surface area contributed by atoms with E-state index < -0.39 is 16.1 Å². The number of fused-ring (bicyclic) bond motifs is 1. The summed E-state index contributed by atoms with van der Waals surface area (Å²) in [5.41, 5.74) is 1.01. The van der Waals surface area contributed by atoms with Crippen molar-refractivity contribution in [1.82, 2.24) is 4.72 Å². The van der Waals surface area contributed by atoms with Gasteiger partial charge in [-0.2, -0.15) is 0 Å². The number of amidine groups is 1. The van der Waals surface area contributed by atoms with Gasteiger partial charge in [-0.3, -0.25) is 14.5 Å². The van der Waals surface area contributed by atoms with Gasteiger partial charge in [0.05, 0.1) is 4.90 Å². The minimum Gasteiger partial charge on any atom is -0.324 e. The Hall–Kier alpha value is -2.38. The van der Waals surface area contributed by atoms with Crippen molar-refractivity contribution in [1.29, 1.82) is 0 Å². The number of amides is 1. The molecule has 1 amide bonds. The molecule has 0 saturated carbocycles. The quantitative estimate of drug-likeness (QED) is 0.877. The fraction of sp³-hybridized carbons (Fsp3) is 0.125. The highest BCUT2D eigenvalue weighted by atomic mass is 35.5. The summed E-state index contributed by atoms with van der Waals surface area (Å²) in [7, 11) is -3.62. The molecular weight excluding hydrogens is 350 g/mol. The van der Waals surface area contributed by atoms with Gasteiger partial charge in [0.2, 0.25) is 5.91 Å². The largest absolute Gasteiger partial charge is 0.324 e. The molecule has 0 unspecified atom stereocenters. The Balaban J connectivity index is 1.83. The van der Waals surface area contributed by atoms with E-state index in [9.17, 15) is 13.2 Å². The lowest BCUT2D eigenvalue weighted by atomic mass is 10.2. The van der Waals surface area contributed by atoms with Gasteiger partial charge in [-0.25, -0.2) is 8.42 Å². The second-order valence-electron chi connectivity index (χ2n) is 5.25. The van der Waals surface area contributed by atoms with E-state index in [2.05, 4.69) is 15.0 Å². The van der Waals surface area contributed by atoms with Crippen molar-refractivity contribution in [2.24, 2.45) is 4.99 Å². The molecule has 3 rings (SSSR count). The molecular formula is C16H14ClN3O3S. The molecule has 2 aromatic rings. The highest BCUT2D eigenvalue weighted by Gasteiger charge is 2.31. The smallest absolute Gasteiger partial charge is 0.263 e. The Morgan fingerprint density at radius 2 is 1.96 bits per heavy atom. The number of benzene rings is 2. The number of rotatable bonds is 3. The predicted molar refractivity (Wildman–Crippen MR) is 92.8 cm³/mol. The molecule has 0 aromatic heterocycles. The van der Waals surface area contributed by atoms with Crippen LogP contribution in [0.4, 0.5) is 5.69 Å². The summed E-state index contributed by atoms with van der Waals surface area (Å²) in [6.45, 7) is 1.59. The van der Waals surface area contributed by atoms with Gasteiger partial charge in [0.15, 0.2) is 0 Å². The Morgan fingerprint density at radius 1 is 1.21 bits per heavy atom. The molecule has 2 aromatic carbocycles. The first kappa shape index (κ1) is 16.5. The van der Waals surface area contributed by atoms with Crippen molar-refractivity contribution in [2.75, 3.05) is 5.32 Å². The first-order valence-electron chi connectivity index (χ1n) is 7.13. The summed E-state index contributed by atoms with van der Waals surface area (Å²) in [4.78, 5) is 16.6. The molecule has 1 heterocycles. The number of carbonyl (C=O) groups is 1. The van der Waals surface area contributed by atoms with Gasteiger partial charge >= 0.3 is 0 Å². The van der Waals surface area contributed by atoms with Crippen LogP contribution in [0.25, 0.3) is 0 Å². The molecule has 1 aliphatic heterocycles. The van der Waals surface area contributed by atoms with Crippen molar-refractivity contribution >= 4 is 39.1 Å². The summed E-state index contributed by atoms with van der Waals surface area (Å²) in [6, 6.07) is 12.5. The van der Waals surface area contributed by atoms with E-state index in [1.165, 1.54) is 6.07 Å². The number of nitrogens with zero attached hydrogens (tertiary/aromatic N) is 1. The molecule has 8 heteroatoms. The summed E-state index contributed by atoms with van der Waals surface area (Å²) < 4.78 is 26.4. The van der Waals surface area contributed by atoms with Gasteiger partial charge in [-0.15, -0.1) is 0 Å². The number of aliphatic imine (C=N–C) groups is 1. The van der Waals surface area contributed by atoms with Gasteiger partial charge in [-0.05, 0) is 37.3 Å². The third kappa shape index (κ3) is 3.27. The SMILES string of the molecule is C[C@H](N=C1NS(=O)(=O)c2ccccc21)C(=O)Nc1cccc(Cl)c1. The minimum atomic E-state index is -3.62. The van der Waals surface area contributed by atoms with Gasteiger partial charge in [0, 0.05) is 16.3 Å². The fourth-order valence-corrected chi connectivity index (χ4v) is 3.72. The Bertz CT molecular complexity index is 941. The lowest BCUT2D eigenvalue weighted by molar-refractivity contribution is -0.117. The zero-order valence-corrected chi connectivity index (χ0v) is 14.2. The molecule has 6 nitrogen and oxygen atoms in total. The maximum atomic E-state index is 12.2. The van der Waals surface area contributed by atoms with Crippen LogP contribution in [0.2, 0.25) is 5.02 Å². The van der Waals surface area contributed by atoms with Crippen LogP contribution in [0.5, 0.6) is 0 Å². The number of nitrogens with one attached hydrogen (secondary N) is 2. The topological polar surface area (TPSA) is 87.6 Å². The molecule has 0 aliphatic carbocycles. The van der Waals surface area contributed by atoms with Crippen LogP contribution >= 0.6 is 11.6 Å². The molecule has 0 saturated heterocycles. The van der Waals surface area contributed by atoms with E-state index in [1.807, 2.05) is 0 Å².